The molecule has 2 aliphatic heterocycles. The summed E-state index contributed by atoms with van der Waals surface area (Å²) in [6.07, 6.45) is 4.36. The standard InChI is InChI=1S/C20H15N3O3/c21-12-15-11-19(20(24)14-5-3-6-16(10-14)23(25)26)22-17-7-2-1-4-13(17)8-9-18(15)22/h1-10,15,18-19H,11H2/t15-,18+,19+/m0/s1. The Balaban J connectivity index is 1.76. The van der Waals surface area contributed by atoms with Gasteiger partial charge in [-0.15, -0.1) is 0 Å². The normalized spacial score (nSPS) is 23.0. The maximum absolute atomic E-state index is 13.2. The highest BCUT2D eigenvalue weighted by atomic mass is 16.6. The second-order valence-electron chi connectivity index (χ2n) is 6.47. The number of fused-ring (bicyclic) bond motifs is 3. The maximum Gasteiger partial charge on any atom is 0.270 e. The number of nitrogens with zero attached hydrogens (tertiary/aromatic N) is 3. The van der Waals surface area contributed by atoms with Gasteiger partial charge in [-0.1, -0.05) is 42.5 Å². The monoisotopic (exact) mass is 345 g/mol. The van der Waals surface area contributed by atoms with Crippen molar-refractivity contribution in [1.82, 2.24) is 0 Å². The van der Waals surface area contributed by atoms with Crippen LogP contribution in [0.1, 0.15) is 22.3 Å². The van der Waals surface area contributed by atoms with Crippen molar-refractivity contribution >= 4 is 23.2 Å². The van der Waals surface area contributed by atoms with Crippen molar-refractivity contribution in [2.45, 2.75) is 18.5 Å². The molecule has 0 unspecified atom stereocenters. The molecule has 0 radical (unpaired) electrons. The van der Waals surface area contributed by atoms with E-state index in [0.717, 1.165) is 11.3 Å². The van der Waals surface area contributed by atoms with Gasteiger partial charge in [-0.25, -0.2) is 0 Å². The van der Waals surface area contributed by atoms with Crippen LogP contribution in [0.15, 0.2) is 54.6 Å². The Morgan fingerprint density at radius 3 is 2.81 bits per heavy atom. The van der Waals surface area contributed by atoms with Crippen molar-refractivity contribution in [3.8, 4) is 6.07 Å². The fourth-order valence-corrected chi connectivity index (χ4v) is 3.84. The fraction of sp³-hybridized carbons (Fsp3) is 0.200. The molecule has 0 bridgehead atoms. The van der Waals surface area contributed by atoms with Gasteiger partial charge in [0.2, 0.25) is 0 Å². The largest absolute Gasteiger partial charge is 0.353 e. The van der Waals surface area contributed by atoms with Crippen molar-refractivity contribution in [1.29, 1.82) is 5.26 Å². The second kappa shape index (κ2) is 6.12. The van der Waals surface area contributed by atoms with Gasteiger partial charge >= 0.3 is 0 Å². The molecule has 0 saturated carbocycles. The van der Waals surface area contributed by atoms with E-state index in [1.165, 1.54) is 18.2 Å². The number of hydrogen-bond donors (Lipinski definition) is 0. The van der Waals surface area contributed by atoms with E-state index in [-0.39, 0.29) is 23.4 Å². The van der Waals surface area contributed by atoms with Gasteiger partial charge in [-0.3, -0.25) is 14.9 Å². The Kier molecular flexibility index (Phi) is 3.77. The van der Waals surface area contributed by atoms with Crippen LogP contribution in [0, 0.1) is 27.4 Å². The molecule has 0 amide bonds. The van der Waals surface area contributed by atoms with Crippen molar-refractivity contribution in [2.24, 2.45) is 5.92 Å². The van der Waals surface area contributed by atoms with E-state index >= 15 is 0 Å². The van der Waals surface area contributed by atoms with Crippen molar-refractivity contribution < 1.29 is 9.72 Å². The van der Waals surface area contributed by atoms with Crippen LogP contribution in [0.4, 0.5) is 11.4 Å². The van der Waals surface area contributed by atoms with Gasteiger partial charge in [-0.2, -0.15) is 5.26 Å². The average Bonchev–Trinajstić information content (AvgIpc) is 3.06. The molecule has 3 atom stereocenters. The number of non-ortho nitro benzene ring substituents is 1. The van der Waals surface area contributed by atoms with E-state index < -0.39 is 11.0 Å². The first-order valence-corrected chi connectivity index (χ1v) is 8.34. The highest BCUT2D eigenvalue weighted by Gasteiger charge is 2.45. The molecule has 128 valence electrons. The molecule has 4 rings (SSSR count). The number of para-hydroxylation sites is 1. The van der Waals surface area contributed by atoms with Gasteiger partial charge in [0, 0.05) is 23.4 Å². The van der Waals surface area contributed by atoms with Crippen molar-refractivity contribution in [2.75, 3.05) is 4.90 Å². The van der Waals surface area contributed by atoms with E-state index in [9.17, 15) is 20.2 Å². The third kappa shape index (κ3) is 2.45. The van der Waals surface area contributed by atoms with Crippen LogP contribution >= 0.6 is 0 Å². The lowest BCUT2D eigenvalue weighted by atomic mass is 9.96. The number of rotatable bonds is 3. The van der Waals surface area contributed by atoms with Crippen molar-refractivity contribution in [3.63, 3.8) is 0 Å². The van der Waals surface area contributed by atoms with Crippen LogP contribution in [0.2, 0.25) is 0 Å². The SMILES string of the molecule is N#C[C@@H]1C[C@H](C(=O)c2cccc([N+](=O)[O-])c2)N2c3ccccc3C=C[C@H]12. The fourth-order valence-electron chi connectivity index (χ4n) is 3.84. The third-order valence-corrected chi connectivity index (χ3v) is 5.04. The molecular weight excluding hydrogens is 330 g/mol. The first-order valence-electron chi connectivity index (χ1n) is 8.34. The summed E-state index contributed by atoms with van der Waals surface area (Å²) in [6.45, 7) is 0. The van der Waals surface area contributed by atoms with E-state index in [4.69, 9.17) is 0 Å². The third-order valence-electron chi connectivity index (χ3n) is 5.04. The summed E-state index contributed by atoms with van der Waals surface area (Å²) in [5.41, 5.74) is 2.11. The zero-order valence-electron chi connectivity index (χ0n) is 13.8. The number of carbonyl (C=O) groups is 1. The van der Waals surface area contributed by atoms with Crippen LogP contribution < -0.4 is 4.90 Å². The predicted octanol–water partition coefficient (Wildman–Crippen LogP) is 3.59. The molecule has 0 spiro atoms. The first-order chi connectivity index (χ1) is 12.6. The molecule has 0 aliphatic carbocycles. The number of hydrogen-bond acceptors (Lipinski definition) is 5. The second-order valence-corrected chi connectivity index (χ2v) is 6.47. The van der Waals surface area contributed by atoms with Crippen LogP contribution in [-0.2, 0) is 0 Å². The number of nitriles is 1. The number of benzene rings is 2. The molecule has 6 nitrogen and oxygen atoms in total. The smallest absolute Gasteiger partial charge is 0.270 e. The topological polar surface area (TPSA) is 87.2 Å². The van der Waals surface area contributed by atoms with E-state index in [2.05, 4.69) is 6.07 Å². The van der Waals surface area contributed by atoms with Gasteiger partial charge in [0.1, 0.15) is 0 Å². The minimum absolute atomic E-state index is 0.110. The zero-order chi connectivity index (χ0) is 18.3. The molecule has 2 aromatic carbocycles. The van der Waals surface area contributed by atoms with Gasteiger partial charge in [0.05, 0.1) is 29.0 Å². The number of nitro benzene ring substituents is 1. The molecule has 0 N–H and O–H groups in total. The maximum atomic E-state index is 13.2. The summed E-state index contributed by atoms with van der Waals surface area (Å²) >= 11 is 0. The minimum atomic E-state index is -0.516. The molecule has 2 aliphatic rings. The Morgan fingerprint density at radius 2 is 2.04 bits per heavy atom. The van der Waals surface area contributed by atoms with Gasteiger partial charge in [0.25, 0.3) is 5.69 Å². The van der Waals surface area contributed by atoms with E-state index in [0.29, 0.717) is 12.0 Å². The Morgan fingerprint density at radius 1 is 1.23 bits per heavy atom. The molecule has 2 heterocycles. The number of anilines is 1. The van der Waals surface area contributed by atoms with E-state index in [1.54, 1.807) is 6.07 Å². The van der Waals surface area contributed by atoms with Gasteiger partial charge < -0.3 is 4.90 Å². The lowest BCUT2D eigenvalue weighted by molar-refractivity contribution is -0.384. The molecular formula is C20H15N3O3. The van der Waals surface area contributed by atoms with Gasteiger partial charge in [-0.05, 0) is 18.1 Å². The highest BCUT2D eigenvalue weighted by Crippen LogP contribution is 2.41. The molecule has 1 fully saturated rings. The van der Waals surface area contributed by atoms with E-state index in [1.807, 2.05) is 41.3 Å². The summed E-state index contributed by atoms with van der Waals surface area (Å²) in [5, 5.41) is 20.5. The Labute approximate surface area is 150 Å². The molecule has 6 heteroatoms. The number of nitro groups is 1. The molecule has 2 aromatic rings. The average molecular weight is 345 g/mol. The number of carbonyl (C=O) groups excluding carboxylic acids is 1. The summed E-state index contributed by atoms with van der Waals surface area (Å²) < 4.78 is 0. The van der Waals surface area contributed by atoms with Crippen LogP contribution in [0.5, 0.6) is 0 Å². The highest BCUT2D eigenvalue weighted by molar-refractivity contribution is 6.03. The molecule has 1 saturated heterocycles. The number of Topliss-reactive ketones (excluding diaryl/α,β-unsaturated/α-hetero) is 1. The first kappa shape index (κ1) is 16.0. The summed E-state index contributed by atoms with van der Waals surface area (Å²) in [4.78, 5) is 25.7. The quantitative estimate of drug-likeness (QED) is 0.482. The Hall–Kier alpha value is -3.46. The minimum Gasteiger partial charge on any atom is -0.353 e. The van der Waals surface area contributed by atoms with Crippen molar-refractivity contribution in [3.05, 3.63) is 75.8 Å². The van der Waals surface area contributed by atoms with Crippen LogP contribution in [0.3, 0.4) is 0 Å². The van der Waals surface area contributed by atoms with Crippen LogP contribution in [-0.4, -0.2) is 22.8 Å². The Bertz CT molecular complexity index is 976. The predicted molar refractivity (Wildman–Crippen MR) is 96.7 cm³/mol. The summed E-state index contributed by atoms with van der Waals surface area (Å²) in [6, 6.07) is 15.2. The molecule has 26 heavy (non-hydrogen) atoms. The van der Waals surface area contributed by atoms with Crippen LogP contribution in [0.25, 0.3) is 6.08 Å². The summed E-state index contributed by atoms with van der Waals surface area (Å²) in [5.74, 6) is -0.492. The lowest BCUT2D eigenvalue weighted by Crippen LogP contribution is -2.42. The summed E-state index contributed by atoms with van der Waals surface area (Å²) in [7, 11) is 0. The number of ketones is 1. The lowest BCUT2D eigenvalue weighted by Gasteiger charge is -2.34. The van der Waals surface area contributed by atoms with Gasteiger partial charge in [0.15, 0.2) is 5.78 Å². The zero-order valence-corrected chi connectivity index (χ0v) is 13.8. The molecule has 0 aromatic heterocycles.